The molecule has 1 aromatic heterocycles. The molecular formula is C40H63N6O8S+. The Labute approximate surface area is 330 Å². The van der Waals surface area contributed by atoms with E-state index in [-0.39, 0.29) is 53.7 Å². The molecule has 2 heterocycles. The largest absolute Gasteiger partial charge is 0.480 e. The molecule has 1 aliphatic heterocycles. The summed E-state index contributed by atoms with van der Waals surface area (Å²) in [4.78, 5) is 76.8. The van der Waals surface area contributed by atoms with E-state index in [1.807, 2.05) is 59.1 Å². The van der Waals surface area contributed by atoms with Gasteiger partial charge in [-0.1, -0.05) is 65.8 Å². The fourth-order valence-electron chi connectivity index (χ4n) is 9.27. The zero-order valence-electron chi connectivity index (χ0n) is 34.4. The smallest absolute Gasteiger partial charge is 0.385 e. The van der Waals surface area contributed by atoms with Crippen LogP contribution < -0.4 is 16.0 Å². The van der Waals surface area contributed by atoms with Gasteiger partial charge in [-0.3, -0.25) is 24.1 Å². The van der Waals surface area contributed by atoms with Gasteiger partial charge in [-0.15, -0.1) is 11.3 Å². The van der Waals surface area contributed by atoms with Gasteiger partial charge in [0.15, 0.2) is 6.10 Å². The van der Waals surface area contributed by atoms with Crippen molar-refractivity contribution in [2.24, 2.45) is 29.1 Å². The molecule has 0 aromatic carbocycles. The molecule has 0 unspecified atom stereocenters. The van der Waals surface area contributed by atoms with E-state index in [9.17, 15) is 29.1 Å². The number of carboxylic acids is 1. The first-order chi connectivity index (χ1) is 25.8. The Bertz CT molecular complexity index is 1610. The van der Waals surface area contributed by atoms with Crippen LogP contribution in [0.15, 0.2) is 17.5 Å². The van der Waals surface area contributed by atoms with Gasteiger partial charge in [0, 0.05) is 38.0 Å². The maximum Gasteiger partial charge on any atom is 0.385 e. The Morgan fingerprint density at radius 3 is 2.11 bits per heavy atom. The lowest BCUT2D eigenvalue weighted by atomic mass is 9.83. The number of likely N-dealkylation sites (N-methyl/N-ethyl adjacent to an activating group) is 2. The summed E-state index contributed by atoms with van der Waals surface area (Å²) in [6.45, 7) is 19.5. The maximum atomic E-state index is 14.8. The molecule has 1 saturated heterocycles. The van der Waals surface area contributed by atoms with Gasteiger partial charge in [-0.25, -0.2) is 4.79 Å². The molecule has 14 nitrogen and oxygen atoms in total. The number of likely N-dealkylation sites (tertiary alicyclic amines) is 1. The summed E-state index contributed by atoms with van der Waals surface area (Å²) < 4.78 is 12.1. The minimum atomic E-state index is -1.40. The average Bonchev–Trinajstić information content (AvgIpc) is 3.71. The number of carboxylic acid groups (broad SMARTS) is 1. The van der Waals surface area contributed by atoms with Crippen LogP contribution in [0.3, 0.4) is 0 Å². The molecule has 3 fully saturated rings. The number of nitrogens with zero attached hydrogens (tertiary/aromatic N) is 3. The maximum absolute atomic E-state index is 14.8. The van der Waals surface area contributed by atoms with Crippen LogP contribution in [-0.4, -0.2) is 120 Å². The summed E-state index contributed by atoms with van der Waals surface area (Å²) >= 11 is 1.41. The van der Waals surface area contributed by atoms with E-state index in [1.165, 1.54) is 25.6 Å². The monoisotopic (exact) mass is 787 g/mol. The van der Waals surface area contributed by atoms with E-state index >= 15 is 0 Å². The first-order valence-electron chi connectivity index (χ1n) is 19.5. The van der Waals surface area contributed by atoms with Crippen molar-refractivity contribution in [3.63, 3.8) is 0 Å². The van der Waals surface area contributed by atoms with Crippen LogP contribution >= 0.6 is 11.3 Å². The summed E-state index contributed by atoms with van der Waals surface area (Å²) in [6, 6.07) is 0.641. The molecule has 4 amide bonds. The van der Waals surface area contributed by atoms with Crippen molar-refractivity contribution in [3.05, 3.63) is 27.2 Å². The van der Waals surface area contributed by atoms with Crippen LogP contribution in [0.1, 0.15) is 85.4 Å². The fraction of sp³-hybridized carbons (Fsp3) is 0.750. The second kappa shape index (κ2) is 17.3. The van der Waals surface area contributed by atoms with E-state index in [2.05, 4.69) is 20.8 Å². The summed E-state index contributed by atoms with van der Waals surface area (Å²) in [5.41, 5.74) is -2.05. The Balaban J connectivity index is 1.60. The van der Waals surface area contributed by atoms with E-state index in [0.717, 1.165) is 17.7 Å². The quantitative estimate of drug-likeness (QED) is 0.145. The van der Waals surface area contributed by atoms with Crippen molar-refractivity contribution >= 4 is 40.9 Å². The van der Waals surface area contributed by atoms with Gasteiger partial charge in [0.1, 0.15) is 12.1 Å². The van der Waals surface area contributed by atoms with Crippen molar-refractivity contribution in [2.45, 2.75) is 135 Å². The lowest BCUT2D eigenvalue weighted by Gasteiger charge is -2.42. The summed E-state index contributed by atoms with van der Waals surface area (Å²) in [6.07, 6.45) is 0.946. The molecule has 55 heavy (non-hydrogen) atoms. The number of rotatable bonds is 21. The second-order valence-electron chi connectivity index (χ2n) is 16.8. The highest BCUT2D eigenvalue weighted by Crippen LogP contribution is 2.89. The molecule has 9 atom stereocenters. The number of thiophene rings is 1. The van der Waals surface area contributed by atoms with Crippen molar-refractivity contribution in [1.82, 2.24) is 25.8 Å². The number of methoxy groups -OCH3 is 2. The summed E-state index contributed by atoms with van der Waals surface area (Å²) in [7, 11) is 6.37. The highest BCUT2D eigenvalue weighted by molar-refractivity contribution is 7.09. The zero-order valence-corrected chi connectivity index (χ0v) is 35.2. The number of carbonyl (C=O) groups is 5. The van der Waals surface area contributed by atoms with E-state index in [4.69, 9.17) is 16.0 Å². The van der Waals surface area contributed by atoms with Crippen LogP contribution in [0.4, 0.5) is 0 Å². The number of amides is 4. The molecule has 0 spiro atoms. The van der Waals surface area contributed by atoms with Crippen molar-refractivity contribution in [1.29, 1.82) is 0 Å². The van der Waals surface area contributed by atoms with Gasteiger partial charge in [-0.05, 0) is 49.1 Å². The zero-order chi connectivity index (χ0) is 41.2. The average molecular weight is 788 g/mol. The molecule has 1 aromatic rings. The van der Waals surface area contributed by atoms with E-state index < -0.39 is 65.4 Å². The molecule has 2 aliphatic carbocycles. The number of nitrogens with one attached hydrogen (secondary N) is 3. The van der Waals surface area contributed by atoms with Crippen LogP contribution in [-0.2, 0) is 39.9 Å². The highest BCUT2D eigenvalue weighted by Gasteiger charge is 2.98. The first kappa shape index (κ1) is 44.1. The molecular weight excluding hydrogens is 725 g/mol. The molecule has 0 radical (unpaired) electrons. The predicted octanol–water partition coefficient (Wildman–Crippen LogP) is 3.60. The Kier molecular flexibility index (Phi) is 13.9. The Hall–Kier alpha value is -3.58. The Morgan fingerprint density at radius 1 is 1.00 bits per heavy atom. The molecule has 4 N–H and O–H groups in total. The lowest BCUT2D eigenvalue weighted by molar-refractivity contribution is -0.156. The number of carbonyl (C=O) groups excluding carboxylic acids is 4. The summed E-state index contributed by atoms with van der Waals surface area (Å²) in [5, 5.41) is 20.5. The number of hydrogen-bond acceptors (Lipinski definition) is 9. The lowest BCUT2D eigenvalue weighted by Crippen LogP contribution is -2.63. The van der Waals surface area contributed by atoms with Crippen LogP contribution in [0.5, 0.6) is 0 Å². The predicted molar refractivity (Wildman–Crippen MR) is 210 cm³/mol. The van der Waals surface area contributed by atoms with Crippen molar-refractivity contribution in [2.75, 3.05) is 28.3 Å². The van der Waals surface area contributed by atoms with Crippen LogP contribution in [0, 0.1) is 35.7 Å². The second-order valence-corrected chi connectivity index (χ2v) is 17.8. The van der Waals surface area contributed by atoms with Gasteiger partial charge in [-0.2, -0.15) is 0 Å². The summed E-state index contributed by atoms with van der Waals surface area (Å²) in [5.74, 6) is -3.79. The van der Waals surface area contributed by atoms with Crippen LogP contribution in [0.2, 0.25) is 0 Å². The minimum Gasteiger partial charge on any atom is -0.480 e. The molecule has 306 valence electrons. The first-order valence-corrected chi connectivity index (χ1v) is 20.3. The van der Waals surface area contributed by atoms with Crippen molar-refractivity contribution < 1.29 is 38.6 Å². The van der Waals surface area contributed by atoms with Gasteiger partial charge in [0.2, 0.25) is 23.6 Å². The third-order valence-corrected chi connectivity index (χ3v) is 13.5. The SMILES string of the molecule is C#[N+][C@@]1([C@H](OC)[C@@H](C)C(=O)N[C@@H](Cc2cccs2)C(=O)O)CC23CC2(C3)N1C(=O)C[C@@H](OC)[C@H]([C@@H](C)CC)N(C)C(=O)[C@@H](NC(=O)[C@@H](NC)C(C)C)C(C)C. The van der Waals surface area contributed by atoms with Gasteiger partial charge < -0.3 is 35.4 Å². The third-order valence-electron chi connectivity index (χ3n) is 12.6. The van der Waals surface area contributed by atoms with Crippen LogP contribution in [0.25, 0.3) is 4.85 Å². The van der Waals surface area contributed by atoms with Gasteiger partial charge >= 0.3 is 11.6 Å². The molecule has 0 bridgehead atoms. The third kappa shape index (κ3) is 8.29. The topological polar surface area (TPSA) is 171 Å². The van der Waals surface area contributed by atoms with Gasteiger partial charge in [0.25, 0.3) is 6.57 Å². The number of piperidine rings is 2. The fourth-order valence-corrected chi connectivity index (χ4v) is 10.0. The molecule has 2 saturated carbocycles. The number of aliphatic carboxylic acids is 1. The van der Waals surface area contributed by atoms with Gasteiger partial charge in [0.05, 0.1) is 42.5 Å². The molecule has 15 heteroatoms. The minimum absolute atomic E-state index is 0.00429. The number of ether oxygens (including phenoxy) is 2. The van der Waals surface area contributed by atoms with Crippen molar-refractivity contribution in [3.8, 4) is 6.57 Å². The van der Waals surface area contributed by atoms with E-state index in [1.54, 1.807) is 30.8 Å². The molecule has 3 aliphatic rings. The van der Waals surface area contributed by atoms with E-state index in [0.29, 0.717) is 12.8 Å². The standard InChI is InChI=1S/C40H62N6O8S/c1-13-24(6)32(45(10)36(50)31(23(4)5)44-35(49)30(41-8)22(2)3)28(53-11)18-29(47)46-39-19-38(39,20-39)21-40(46,42-9)33(54-12)25(7)34(48)43-27(37(51)52)17-26-15-14-16-55-26/h9,14-16,22-25,27-28,30-33,41H,13,17-21H2,1-8,10-12H3,(H2-,43,44,48,49,51,52)/p+1/t24-,25+,27-,28+,30-,31-,32-,33+,38?,39?,40-/m0/s1. The highest BCUT2D eigenvalue weighted by atomic mass is 32.1. The normalized spacial score (nSPS) is 26.7. The Morgan fingerprint density at radius 2 is 1.64 bits per heavy atom. The number of hydrogen-bond donors (Lipinski definition) is 4. The molecule has 4 rings (SSSR count).